The summed E-state index contributed by atoms with van der Waals surface area (Å²) in [5.41, 5.74) is 4.46. The van der Waals surface area contributed by atoms with Crippen LogP contribution in [0.15, 0.2) is 48.5 Å². The van der Waals surface area contributed by atoms with E-state index in [4.69, 9.17) is 0 Å². The van der Waals surface area contributed by atoms with Gasteiger partial charge in [0, 0.05) is 13.1 Å². The van der Waals surface area contributed by atoms with Crippen LogP contribution >= 0.6 is 0 Å². The zero-order valence-corrected chi connectivity index (χ0v) is 15.1. The first-order valence-electron chi connectivity index (χ1n) is 9.11. The monoisotopic (exact) mass is 337 g/mol. The Kier molecular flexibility index (Phi) is 5.54. The Bertz CT molecular complexity index is 718. The van der Waals surface area contributed by atoms with Crippen LogP contribution in [-0.2, 0) is 11.2 Å². The number of carbonyl (C=O) groups is 1. The average molecular weight is 337 g/mol. The Labute approximate surface area is 150 Å². The zero-order valence-electron chi connectivity index (χ0n) is 15.1. The summed E-state index contributed by atoms with van der Waals surface area (Å²) in [6.45, 7) is 5.59. The van der Waals surface area contributed by atoms with Crippen LogP contribution in [0.2, 0.25) is 0 Å². The summed E-state index contributed by atoms with van der Waals surface area (Å²) in [4.78, 5) is 14.6. The van der Waals surface area contributed by atoms with Gasteiger partial charge in [-0.05, 0) is 49.3 Å². The zero-order chi connectivity index (χ0) is 17.8. The molecule has 1 amide bonds. The quantitative estimate of drug-likeness (QED) is 0.921. The molecule has 3 nitrogen and oxygen atoms in total. The molecule has 1 fully saturated rings. The molecular formula is C22H27NO2. The van der Waals surface area contributed by atoms with Gasteiger partial charge in [-0.1, -0.05) is 54.1 Å². The molecule has 1 aliphatic rings. The van der Waals surface area contributed by atoms with Gasteiger partial charge in [-0.25, -0.2) is 0 Å². The molecule has 0 spiro atoms. The minimum atomic E-state index is -0.433. The molecule has 2 aromatic carbocycles. The number of nitrogens with zero attached hydrogens (tertiary/aromatic N) is 1. The smallest absolute Gasteiger partial charge is 0.226 e. The van der Waals surface area contributed by atoms with Crippen LogP contribution in [0.3, 0.4) is 0 Å². The van der Waals surface area contributed by atoms with E-state index in [2.05, 4.69) is 32.0 Å². The highest BCUT2D eigenvalue weighted by molar-refractivity contribution is 5.79. The number of benzene rings is 2. The average Bonchev–Trinajstić information content (AvgIpc) is 2.65. The SMILES string of the molecule is Cc1ccc(C)c(CC(=O)N2CCC(C(O)c3ccccc3)CC2)c1. The van der Waals surface area contributed by atoms with Gasteiger partial charge in [0.2, 0.25) is 5.91 Å². The fourth-order valence-electron chi connectivity index (χ4n) is 3.65. The molecule has 1 saturated heterocycles. The Morgan fingerprint density at radius 3 is 2.48 bits per heavy atom. The van der Waals surface area contributed by atoms with E-state index in [1.807, 2.05) is 35.2 Å². The van der Waals surface area contributed by atoms with Gasteiger partial charge in [0.25, 0.3) is 0 Å². The molecule has 0 aliphatic carbocycles. The fraction of sp³-hybridized carbons (Fsp3) is 0.409. The van der Waals surface area contributed by atoms with Gasteiger partial charge in [-0.3, -0.25) is 4.79 Å². The van der Waals surface area contributed by atoms with Crippen molar-refractivity contribution in [2.24, 2.45) is 5.92 Å². The summed E-state index contributed by atoms with van der Waals surface area (Å²) >= 11 is 0. The van der Waals surface area contributed by atoms with Gasteiger partial charge >= 0.3 is 0 Å². The van der Waals surface area contributed by atoms with Gasteiger partial charge in [-0.15, -0.1) is 0 Å². The van der Waals surface area contributed by atoms with Crippen molar-refractivity contribution in [1.29, 1.82) is 0 Å². The fourth-order valence-corrected chi connectivity index (χ4v) is 3.65. The van der Waals surface area contributed by atoms with Gasteiger partial charge in [0.1, 0.15) is 0 Å². The number of aryl methyl sites for hydroxylation is 2. The summed E-state index contributed by atoms with van der Waals surface area (Å²) < 4.78 is 0. The van der Waals surface area contributed by atoms with Crippen LogP contribution in [0.1, 0.15) is 41.2 Å². The third-order valence-corrected chi connectivity index (χ3v) is 5.33. The lowest BCUT2D eigenvalue weighted by Crippen LogP contribution is -2.40. The maximum Gasteiger partial charge on any atom is 0.226 e. The third kappa shape index (κ3) is 4.29. The molecule has 1 unspecified atom stereocenters. The molecule has 132 valence electrons. The van der Waals surface area contributed by atoms with Crippen molar-refractivity contribution in [3.63, 3.8) is 0 Å². The number of hydrogen-bond acceptors (Lipinski definition) is 2. The molecule has 3 heteroatoms. The van der Waals surface area contributed by atoms with Crippen LogP contribution in [0, 0.1) is 19.8 Å². The molecule has 1 atom stereocenters. The lowest BCUT2D eigenvalue weighted by molar-refractivity contribution is -0.132. The normalized spacial score (nSPS) is 16.7. The van der Waals surface area contributed by atoms with Gasteiger partial charge < -0.3 is 10.0 Å². The first-order chi connectivity index (χ1) is 12.0. The number of aliphatic hydroxyl groups excluding tert-OH is 1. The number of amides is 1. The second-order valence-electron chi connectivity index (χ2n) is 7.18. The molecule has 25 heavy (non-hydrogen) atoms. The second kappa shape index (κ2) is 7.83. The first-order valence-corrected chi connectivity index (χ1v) is 9.11. The van der Waals surface area contributed by atoms with Crippen LogP contribution in [0.4, 0.5) is 0 Å². The highest BCUT2D eigenvalue weighted by atomic mass is 16.3. The van der Waals surface area contributed by atoms with Gasteiger partial charge in [-0.2, -0.15) is 0 Å². The van der Waals surface area contributed by atoms with Crippen molar-refractivity contribution < 1.29 is 9.90 Å². The molecule has 0 saturated carbocycles. The van der Waals surface area contributed by atoms with Crippen molar-refractivity contribution in [2.45, 2.75) is 39.2 Å². The number of piperidine rings is 1. The van der Waals surface area contributed by atoms with Crippen LogP contribution < -0.4 is 0 Å². The summed E-state index contributed by atoms with van der Waals surface area (Å²) in [6, 6.07) is 16.1. The maximum absolute atomic E-state index is 12.6. The van der Waals surface area contributed by atoms with Gasteiger partial charge in [0.05, 0.1) is 12.5 Å². The van der Waals surface area contributed by atoms with E-state index in [0.717, 1.165) is 37.1 Å². The van der Waals surface area contributed by atoms with Gasteiger partial charge in [0.15, 0.2) is 0 Å². The lowest BCUT2D eigenvalue weighted by atomic mass is 9.87. The topological polar surface area (TPSA) is 40.5 Å². The maximum atomic E-state index is 12.6. The lowest BCUT2D eigenvalue weighted by Gasteiger charge is -2.34. The van der Waals surface area contributed by atoms with E-state index in [0.29, 0.717) is 6.42 Å². The van der Waals surface area contributed by atoms with E-state index < -0.39 is 6.10 Å². The molecule has 1 aliphatic heterocycles. The van der Waals surface area contributed by atoms with Crippen LogP contribution in [0.25, 0.3) is 0 Å². The predicted molar refractivity (Wildman–Crippen MR) is 100 cm³/mol. The number of rotatable bonds is 4. The second-order valence-corrected chi connectivity index (χ2v) is 7.18. The van der Waals surface area contributed by atoms with E-state index in [-0.39, 0.29) is 11.8 Å². The number of carbonyl (C=O) groups excluding carboxylic acids is 1. The molecule has 2 aromatic rings. The molecule has 0 aromatic heterocycles. The minimum Gasteiger partial charge on any atom is -0.388 e. The summed E-state index contributed by atoms with van der Waals surface area (Å²) in [5.74, 6) is 0.425. The van der Waals surface area contributed by atoms with Crippen molar-refractivity contribution in [1.82, 2.24) is 4.90 Å². The Balaban J connectivity index is 1.56. The van der Waals surface area contributed by atoms with Crippen molar-refractivity contribution in [2.75, 3.05) is 13.1 Å². The Morgan fingerprint density at radius 1 is 1.12 bits per heavy atom. The van der Waals surface area contributed by atoms with E-state index in [9.17, 15) is 9.90 Å². The number of aliphatic hydroxyl groups is 1. The van der Waals surface area contributed by atoms with Crippen LogP contribution in [-0.4, -0.2) is 29.0 Å². The Hall–Kier alpha value is -2.13. The minimum absolute atomic E-state index is 0.196. The molecule has 3 rings (SSSR count). The first kappa shape index (κ1) is 17.7. The molecular weight excluding hydrogens is 310 g/mol. The standard InChI is InChI=1S/C22H27NO2/c1-16-8-9-17(2)20(14-16)15-21(24)23-12-10-19(11-13-23)22(25)18-6-4-3-5-7-18/h3-9,14,19,22,25H,10-13,15H2,1-2H3. The number of likely N-dealkylation sites (tertiary alicyclic amines) is 1. The van der Waals surface area contributed by atoms with Crippen LogP contribution in [0.5, 0.6) is 0 Å². The summed E-state index contributed by atoms with van der Waals surface area (Å²) in [5, 5.41) is 10.6. The Morgan fingerprint density at radius 2 is 1.80 bits per heavy atom. The molecule has 1 N–H and O–H groups in total. The predicted octanol–water partition coefficient (Wildman–Crippen LogP) is 3.82. The molecule has 0 bridgehead atoms. The van der Waals surface area contributed by atoms with E-state index >= 15 is 0 Å². The largest absolute Gasteiger partial charge is 0.388 e. The molecule has 1 heterocycles. The highest BCUT2D eigenvalue weighted by Gasteiger charge is 2.28. The van der Waals surface area contributed by atoms with Crippen molar-refractivity contribution in [3.05, 3.63) is 70.8 Å². The van der Waals surface area contributed by atoms with Crippen molar-refractivity contribution in [3.8, 4) is 0 Å². The van der Waals surface area contributed by atoms with Crippen molar-refractivity contribution >= 4 is 5.91 Å². The number of hydrogen-bond donors (Lipinski definition) is 1. The molecule has 0 radical (unpaired) electrons. The van der Waals surface area contributed by atoms with E-state index in [1.54, 1.807) is 0 Å². The van der Waals surface area contributed by atoms with E-state index in [1.165, 1.54) is 11.1 Å². The highest BCUT2D eigenvalue weighted by Crippen LogP contribution is 2.30. The summed E-state index contributed by atoms with van der Waals surface area (Å²) in [6.07, 6.45) is 1.75. The third-order valence-electron chi connectivity index (χ3n) is 5.33. The summed E-state index contributed by atoms with van der Waals surface area (Å²) in [7, 11) is 0.